The third-order valence-corrected chi connectivity index (χ3v) is 2.94. The number of pyridine rings is 1. The Labute approximate surface area is 98.4 Å². The highest BCUT2D eigenvalue weighted by atomic mass is 79.9. The molecular weight excluding hydrogens is 283 g/mol. The molecule has 0 saturated carbocycles. The SMILES string of the molecule is Cc1cccc2c(Br)cc(C(F)(F)F)nc12. The summed E-state index contributed by atoms with van der Waals surface area (Å²) in [6.07, 6.45) is -4.42. The summed E-state index contributed by atoms with van der Waals surface area (Å²) in [5, 5.41) is 0.688. The van der Waals surface area contributed by atoms with Crippen LogP contribution in [0.1, 0.15) is 11.3 Å². The molecule has 84 valence electrons. The summed E-state index contributed by atoms with van der Waals surface area (Å²) < 4.78 is 38.0. The molecule has 0 unspecified atom stereocenters. The van der Waals surface area contributed by atoms with E-state index >= 15 is 0 Å². The number of benzene rings is 1. The fourth-order valence-electron chi connectivity index (χ4n) is 1.50. The summed E-state index contributed by atoms with van der Waals surface area (Å²) in [4.78, 5) is 3.65. The van der Waals surface area contributed by atoms with Crippen molar-refractivity contribution in [1.82, 2.24) is 4.98 Å². The van der Waals surface area contributed by atoms with E-state index in [9.17, 15) is 13.2 Å². The minimum Gasteiger partial charge on any atom is -0.243 e. The van der Waals surface area contributed by atoms with Gasteiger partial charge in [0.2, 0.25) is 0 Å². The molecule has 0 spiro atoms. The van der Waals surface area contributed by atoms with Crippen LogP contribution in [-0.4, -0.2) is 4.98 Å². The molecule has 5 heteroatoms. The first kappa shape index (κ1) is 11.4. The highest BCUT2D eigenvalue weighted by molar-refractivity contribution is 9.10. The average Bonchev–Trinajstić information content (AvgIpc) is 2.18. The second kappa shape index (κ2) is 3.73. The molecule has 0 radical (unpaired) electrons. The largest absolute Gasteiger partial charge is 0.433 e. The third kappa shape index (κ3) is 1.91. The molecule has 0 atom stereocenters. The average molecular weight is 290 g/mol. The van der Waals surface area contributed by atoms with E-state index in [0.717, 1.165) is 11.6 Å². The van der Waals surface area contributed by atoms with Gasteiger partial charge in [-0.05, 0) is 18.6 Å². The number of halogens is 4. The van der Waals surface area contributed by atoms with Gasteiger partial charge in [0.25, 0.3) is 0 Å². The maximum absolute atomic E-state index is 12.5. The Hall–Kier alpha value is -1.10. The molecule has 0 aliphatic carbocycles. The van der Waals surface area contributed by atoms with Crippen LogP contribution >= 0.6 is 15.9 Å². The van der Waals surface area contributed by atoms with Crippen LogP contribution < -0.4 is 0 Å². The number of nitrogens with zero attached hydrogens (tertiary/aromatic N) is 1. The quantitative estimate of drug-likeness (QED) is 0.704. The van der Waals surface area contributed by atoms with Crippen molar-refractivity contribution in [2.45, 2.75) is 13.1 Å². The zero-order valence-corrected chi connectivity index (χ0v) is 9.85. The minimum atomic E-state index is -4.42. The van der Waals surface area contributed by atoms with Gasteiger partial charge in [0.1, 0.15) is 5.69 Å². The van der Waals surface area contributed by atoms with E-state index in [2.05, 4.69) is 20.9 Å². The van der Waals surface area contributed by atoms with Crippen LogP contribution in [0.4, 0.5) is 13.2 Å². The van der Waals surface area contributed by atoms with E-state index in [0.29, 0.717) is 15.4 Å². The molecule has 0 aliphatic rings. The van der Waals surface area contributed by atoms with Gasteiger partial charge >= 0.3 is 6.18 Å². The predicted molar refractivity (Wildman–Crippen MR) is 59.2 cm³/mol. The first-order chi connectivity index (χ1) is 7.39. The maximum Gasteiger partial charge on any atom is 0.433 e. The van der Waals surface area contributed by atoms with Crippen LogP contribution in [0.2, 0.25) is 0 Å². The van der Waals surface area contributed by atoms with E-state index in [4.69, 9.17) is 0 Å². The van der Waals surface area contributed by atoms with Crippen LogP contribution in [0.15, 0.2) is 28.7 Å². The van der Waals surface area contributed by atoms with Gasteiger partial charge in [0, 0.05) is 9.86 Å². The fourth-order valence-corrected chi connectivity index (χ4v) is 2.03. The van der Waals surface area contributed by atoms with E-state index in [1.807, 2.05) is 0 Å². The Morgan fingerprint density at radius 2 is 1.94 bits per heavy atom. The lowest BCUT2D eigenvalue weighted by molar-refractivity contribution is -0.141. The van der Waals surface area contributed by atoms with Crippen LogP contribution in [0.25, 0.3) is 10.9 Å². The lowest BCUT2D eigenvalue weighted by atomic mass is 10.1. The van der Waals surface area contributed by atoms with Gasteiger partial charge in [-0.25, -0.2) is 4.98 Å². The minimum absolute atomic E-state index is 0.379. The van der Waals surface area contributed by atoms with Crippen LogP contribution in [0, 0.1) is 6.92 Å². The van der Waals surface area contributed by atoms with Crippen molar-refractivity contribution in [1.29, 1.82) is 0 Å². The van der Waals surface area contributed by atoms with Crippen LogP contribution in [0.5, 0.6) is 0 Å². The Balaban J connectivity index is 2.81. The molecule has 1 aromatic carbocycles. The number of hydrogen-bond acceptors (Lipinski definition) is 1. The molecule has 1 nitrogen and oxygen atoms in total. The maximum atomic E-state index is 12.5. The molecule has 16 heavy (non-hydrogen) atoms. The van der Waals surface area contributed by atoms with Crippen molar-refractivity contribution in [3.63, 3.8) is 0 Å². The first-order valence-electron chi connectivity index (χ1n) is 4.52. The summed E-state index contributed by atoms with van der Waals surface area (Å²) in [6, 6.07) is 6.26. The normalized spacial score (nSPS) is 12.1. The number of para-hydroxylation sites is 1. The summed E-state index contributed by atoms with van der Waals surface area (Å²) in [6.45, 7) is 1.74. The lowest BCUT2D eigenvalue weighted by Crippen LogP contribution is -2.08. The number of alkyl halides is 3. The molecule has 0 amide bonds. The van der Waals surface area contributed by atoms with Crippen molar-refractivity contribution >= 4 is 26.8 Å². The van der Waals surface area contributed by atoms with Crippen molar-refractivity contribution in [3.05, 3.63) is 40.0 Å². The molecular formula is C11H7BrF3N. The Morgan fingerprint density at radius 3 is 2.56 bits per heavy atom. The highest BCUT2D eigenvalue weighted by Gasteiger charge is 2.33. The number of aryl methyl sites for hydroxylation is 1. The first-order valence-corrected chi connectivity index (χ1v) is 5.32. The molecule has 2 rings (SSSR count). The van der Waals surface area contributed by atoms with Gasteiger partial charge < -0.3 is 0 Å². The molecule has 0 fully saturated rings. The molecule has 1 aromatic heterocycles. The topological polar surface area (TPSA) is 12.9 Å². The van der Waals surface area contributed by atoms with Crippen molar-refractivity contribution in [2.75, 3.05) is 0 Å². The lowest BCUT2D eigenvalue weighted by Gasteiger charge is -2.09. The van der Waals surface area contributed by atoms with E-state index < -0.39 is 11.9 Å². The van der Waals surface area contributed by atoms with E-state index in [1.54, 1.807) is 25.1 Å². The van der Waals surface area contributed by atoms with E-state index in [1.165, 1.54) is 0 Å². The smallest absolute Gasteiger partial charge is 0.243 e. The molecule has 0 aliphatic heterocycles. The number of hydrogen-bond donors (Lipinski definition) is 0. The molecule has 2 aromatic rings. The molecule has 1 heterocycles. The number of rotatable bonds is 0. The Kier molecular flexibility index (Phi) is 2.66. The van der Waals surface area contributed by atoms with E-state index in [-0.39, 0.29) is 0 Å². The predicted octanol–water partition coefficient (Wildman–Crippen LogP) is 4.32. The second-order valence-corrected chi connectivity index (χ2v) is 4.31. The summed E-state index contributed by atoms with van der Waals surface area (Å²) in [7, 11) is 0. The summed E-state index contributed by atoms with van der Waals surface area (Å²) >= 11 is 3.13. The number of fused-ring (bicyclic) bond motifs is 1. The molecule has 0 bridgehead atoms. The molecule has 0 N–H and O–H groups in total. The third-order valence-electron chi connectivity index (χ3n) is 2.28. The summed E-state index contributed by atoms with van der Waals surface area (Å²) in [5.41, 5.74) is 0.231. The highest BCUT2D eigenvalue weighted by Crippen LogP contribution is 2.33. The van der Waals surface area contributed by atoms with Crippen molar-refractivity contribution < 1.29 is 13.2 Å². The summed E-state index contributed by atoms with van der Waals surface area (Å²) in [5.74, 6) is 0. The van der Waals surface area contributed by atoms with Gasteiger partial charge in [0.15, 0.2) is 0 Å². The van der Waals surface area contributed by atoms with Crippen molar-refractivity contribution in [2.24, 2.45) is 0 Å². The Morgan fingerprint density at radius 1 is 1.25 bits per heavy atom. The van der Waals surface area contributed by atoms with Gasteiger partial charge in [-0.15, -0.1) is 0 Å². The molecule has 0 saturated heterocycles. The van der Waals surface area contributed by atoms with Crippen LogP contribution in [0.3, 0.4) is 0 Å². The standard InChI is InChI=1S/C11H7BrF3N/c1-6-3-2-4-7-8(12)5-9(11(13,14)15)16-10(6)7/h2-5H,1H3. The number of aromatic nitrogens is 1. The van der Waals surface area contributed by atoms with Crippen LogP contribution in [-0.2, 0) is 6.18 Å². The van der Waals surface area contributed by atoms with Gasteiger partial charge in [-0.1, -0.05) is 34.1 Å². The van der Waals surface area contributed by atoms with Gasteiger partial charge in [-0.2, -0.15) is 13.2 Å². The zero-order chi connectivity index (χ0) is 11.9. The van der Waals surface area contributed by atoms with Crippen molar-refractivity contribution in [3.8, 4) is 0 Å². The van der Waals surface area contributed by atoms with Gasteiger partial charge in [0.05, 0.1) is 5.52 Å². The fraction of sp³-hybridized carbons (Fsp3) is 0.182. The van der Waals surface area contributed by atoms with Gasteiger partial charge in [-0.3, -0.25) is 0 Å². The monoisotopic (exact) mass is 289 g/mol. The second-order valence-electron chi connectivity index (χ2n) is 3.46. The Bertz CT molecular complexity index is 549. The zero-order valence-electron chi connectivity index (χ0n) is 8.27.